The lowest BCUT2D eigenvalue weighted by Crippen LogP contribution is -2.35. The first-order valence-electron chi connectivity index (χ1n) is 10.5. The van der Waals surface area contributed by atoms with Gasteiger partial charge >= 0.3 is 5.97 Å². The molecule has 10 heteroatoms. The minimum atomic E-state index is -3.55. The van der Waals surface area contributed by atoms with Crippen LogP contribution in [0.25, 0.3) is 5.52 Å². The maximum atomic E-state index is 12.8. The summed E-state index contributed by atoms with van der Waals surface area (Å²) in [5.41, 5.74) is 1.60. The minimum Gasteiger partial charge on any atom is -0.462 e. The molecule has 1 fully saturated rings. The predicted molar refractivity (Wildman–Crippen MR) is 118 cm³/mol. The molecule has 1 saturated heterocycles. The van der Waals surface area contributed by atoms with E-state index in [9.17, 15) is 18.0 Å². The first-order chi connectivity index (χ1) is 15.4. The molecule has 0 spiro atoms. The van der Waals surface area contributed by atoms with Gasteiger partial charge in [-0.3, -0.25) is 4.79 Å². The van der Waals surface area contributed by atoms with Gasteiger partial charge in [0.25, 0.3) is 5.91 Å². The summed E-state index contributed by atoms with van der Waals surface area (Å²) in [7, 11) is -3.55. The summed E-state index contributed by atoms with van der Waals surface area (Å²) in [4.78, 5) is 25.0. The molecule has 1 aromatic carbocycles. The van der Waals surface area contributed by atoms with Crippen molar-refractivity contribution in [3.05, 3.63) is 59.9 Å². The van der Waals surface area contributed by atoms with Gasteiger partial charge in [-0.15, -0.1) is 0 Å². The van der Waals surface area contributed by atoms with E-state index in [0.717, 1.165) is 19.3 Å². The highest BCUT2D eigenvalue weighted by molar-refractivity contribution is 7.89. The van der Waals surface area contributed by atoms with E-state index in [4.69, 9.17) is 4.74 Å². The fourth-order valence-corrected chi connectivity index (χ4v) is 5.18. The molecule has 0 unspecified atom stereocenters. The molecule has 168 valence electrons. The Balaban J connectivity index is 1.51. The van der Waals surface area contributed by atoms with E-state index in [1.807, 2.05) is 0 Å². The van der Waals surface area contributed by atoms with Crippen molar-refractivity contribution >= 4 is 33.1 Å². The number of aromatic nitrogens is 2. The van der Waals surface area contributed by atoms with Gasteiger partial charge in [0.1, 0.15) is 5.56 Å². The lowest BCUT2D eigenvalue weighted by Gasteiger charge is -2.25. The number of hydrogen-bond acceptors (Lipinski definition) is 6. The first kappa shape index (κ1) is 22.0. The average molecular weight is 457 g/mol. The molecule has 0 radical (unpaired) electrons. The number of nitrogens with one attached hydrogen (secondary N) is 1. The molecule has 2 aromatic heterocycles. The molecule has 9 nitrogen and oxygen atoms in total. The lowest BCUT2D eigenvalue weighted by molar-refractivity contribution is 0.0528. The van der Waals surface area contributed by atoms with Crippen LogP contribution in [0.1, 0.15) is 46.9 Å². The topological polar surface area (TPSA) is 110 Å². The fraction of sp³-hybridized carbons (Fsp3) is 0.318. The Morgan fingerprint density at radius 1 is 1.09 bits per heavy atom. The van der Waals surface area contributed by atoms with Crippen molar-refractivity contribution in [2.45, 2.75) is 31.1 Å². The molecule has 32 heavy (non-hydrogen) atoms. The van der Waals surface area contributed by atoms with Gasteiger partial charge in [-0.25, -0.2) is 17.7 Å². The maximum Gasteiger partial charge on any atom is 0.341 e. The highest BCUT2D eigenvalue weighted by Gasteiger charge is 2.26. The molecule has 1 amide bonds. The molecule has 4 rings (SSSR count). The number of anilines is 1. The molecule has 3 aromatic rings. The number of carbonyl (C=O) groups is 2. The van der Waals surface area contributed by atoms with Crippen molar-refractivity contribution in [2.75, 3.05) is 25.0 Å². The van der Waals surface area contributed by atoms with Crippen LogP contribution in [0.3, 0.4) is 0 Å². The Morgan fingerprint density at radius 3 is 2.50 bits per heavy atom. The Kier molecular flexibility index (Phi) is 6.24. The van der Waals surface area contributed by atoms with E-state index < -0.39 is 21.9 Å². The zero-order valence-corrected chi connectivity index (χ0v) is 18.5. The molecule has 0 saturated carbocycles. The monoisotopic (exact) mass is 456 g/mol. The number of piperidine rings is 1. The van der Waals surface area contributed by atoms with Crippen LogP contribution in [0.2, 0.25) is 0 Å². The molecular weight excluding hydrogens is 432 g/mol. The van der Waals surface area contributed by atoms with Gasteiger partial charge in [-0.1, -0.05) is 6.42 Å². The molecule has 1 N–H and O–H groups in total. The van der Waals surface area contributed by atoms with Crippen molar-refractivity contribution in [3.63, 3.8) is 0 Å². The Labute approximate surface area is 186 Å². The quantitative estimate of drug-likeness (QED) is 0.571. The number of ether oxygens (including phenoxy) is 1. The Morgan fingerprint density at radius 2 is 1.81 bits per heavy atom. The summed E-state index contributed by atoms with van der Waals surface area (Å²) in [5.74, 6) is -0.884. The first-order valence-corrected chi connectivity index (χ1v) is 11.9. The van der Waals surface area contributed by atoms with Crippen LogP contribution in [-0.4, -0.2) is 53.9 Å². The number of benzene rings is 1. The van der Waals surface area contributed by atoms with Crippen LogP contribution in [0.5, 0.6) is 0 Å². The lowest BCUT2D eigenvalue weighted by atomic mass is 10.2. The largest absolute Gasteiger partial charge is 0.462 e. The van der Waals surface area contributed by atoms with Crippen molar-refractivity contribution < 1.29 is 22.7 Å². The van der Waals surface area contributed by atoms with Crippen molar-refractivity contribution in [1.82, 2.24) is 13.9 Å². The number of sulfonamides is 1. The van der Waals surface area contributed by atoms with Crippen LogP contribution in [-0.2, 0) is 14.8 Å². The number of carbonyl (C=O) groups excluding carboxylic acids is 2. The zero-order valence-electron chi connectivity index (χ0n) is 17.7. The highest BCUT2D eigenvalue weighted by Crippen LogP contribution is 2.22. The van der Waals surface area contributed by atoms with Crippen LogP contribution in [0, 0.1) is 0 Å². The summed E-state index contributed by atoms with van der Waals surface area (Å²) in [6.45, 7) is 3.01. The summed E-state index contributed by atoms with van der Waals surface area (Å²) in [6, 6.07) is 9.19. The second-order valence-electron chi connectivity index (χ2n) is 7.47. The van der Waals surface area contributed by atoms with Gasteiger partial charge in [0.05, 0.1) is 23.2 Å². The van der Waals surface area contributed by atoms with Crippen LogP contribution >= 0.6 is 0 Å². The van der Waals surface area contributed by atoms with E-state index in [1.54, 1.807) is 25.3 Å². The van der Waals surface area contributed by atoms with E-state index in [0.29, 0.717) is 35.4 Å². The molecule has 0 atom stereocenters. The number of rotatable bonds is 6. The molecule has 1 aliphatic heterocycles. The molecule has 0 aliphatic carbocycles. The fourth-order valence-electron chi connectivity index (χ4n) is 3.66. The van der Waals surface area contributed by atoms with E-state index in [-0.39, 0.29) is 11.5 Å². The van der Waals surface area contributed by atoms with Crippen LogP contribution in [0.15, 0.2) is 53.7 Å². The molecular formula is C22H24N4O5S. The third-order valence-corrected chi connectivity index (χ3v) is 7.26. The summed E-state index contributed by atoms with van der Waals surface area (Å²) in [5, 5.41) is 6.88. The summed E-state index contributed by atoms with van der Waals surface area (Å²) in [6.07, 6.45) is 5.80. The van der Waals surface area contributed by atoms with Crippen molar-refractivity contribution in [2.24, 2.45) is 0 Å². The van der Waals surface area contributed by atoms with Gasteiger partial charge < -0.3 is 10.1 Å². The van der Waals surface area contributed by atoms with Gasteiger partial charge in [0.15, 0.2) is 0 Å². The van der Waals surface area contributed by atoms with Crippen LogP contribution < -0.4 is 5.32 Å². The van der Waals surface area contributed by atoms with Gasteiger partial charge in [0.2, 0.25) is 10.0 Å². The molecule has 3 heterocycles. The van der Waals surface area contributed by atoms with E-state index in [1.165, 1.54) is 39.3 Å². The molecule has 0 bridgehead atoms. The Bertz CT molecular complexity index is 1250. The Hall–Kier alpha value is -3.24. The second kappa shape index (κ2) is 9.09. The third-order valence-electron chi connectivity index (χ3n) is 5.34. The number of amides is 1. The van der Waals surface area contributed by atoms with Crippen molar-refractivity contribution in [1.29, 1.82) is 0 Å². The van der Waals surface area contributed by atoms with E-state index in [2.05, 4.69) is 10.4 Å². The number of esters is 1. The number of hydrogen-bond donors (Lipinski definition) is 1. The second-order valence-corrected chi connectivity index (χ2v) is 9.41. The molecule has 1 aliphatic rings. The van der Waals surface area contributed by atoms with Gasteiger partial charge in [-0.2, -0.15) is 9.40 Å². The normalized spacial score (nSPS) is 14.9. The average Bonchev–Trinajstić information content (AvgIpc) is 3.23. The van der Waals surface area contributed by atoms with Gasteiger partial charge in [0, 0.05) is 30.5 Å². The predicted octanol–water partition coefficient (Wildman–Crippen LogP) is 2.94. The SMILES string of the molecule is CCOC(=O)c1cnn2ccc(NC(=O)c3ccc(S(=O)(=O)N4CCCCC4)cc3)cc12. The maximum absolute atomic E-state index is 12.8. The highest BCUT2D eigenvalue weighted by atomic mass is 32.2. The number of pyridine rings is 1. The minimum absolute atomic E-state index is 0.177. The standard InChI is InChI=1S/C22H24N4O5S/c1-2-31-22(28)19-15-23-26-13-10-17(14-20(19)26)24-21(27)16-6-8-18(9-7-16)32(29,30)25-11-4-3-5-12-25/h6-10,13-15H,2-5,11-12H2,1H3,(H,24,27). The van der Waals surface area contributed by atoms with E-state index >= 15 is 0 Å². The van der Waals surface area contributed by atoms with Crippen molar-refractivity contribution in [3.8, 4) is 0 Å². The number of fused-ring (bicyclic) bond motifs is 1. The zero-order chi connectivity index (χ0) is 22.7. The van der Waals surface area contributed by atoms with Crippen LogP contribution in [0.4, 0.5) is 5.69 Å². The third kappa shape index (κ3) is 4.37. The smallest absolute Gasteiger partial charge is 0.341 e. The summed E-state index contributed by atoms with van der Waals surface area (Å²) >= 11 is 0. The number of nitrogens with zero attached hydrogens (tertiary/aromatic N) is 3. The summed E-state index contributed by atoms with van der Waals surface area (Å²) < 4.78 is 33.6. The van der Waals surface area contributed by atoms with Gasteiger partial charge in [-0.05, 0) is 56.2 Å².